The first-order chi connectivity index (χ1) is 15.6. The van der Waals surface area contributed by atoms with Gasteiger partial charge in [-0.15, -0.1) is 5.10 Å². The quantitative estimate of drug-likeness (QED) is 0.558. The highest BCUT2D eigenvalue weighted by Crippen LogP contribution is 2.28. The van der Waals surface area contributed by atoms with Gasteiger partial charge in [-0.3, -0.25) is 9.78 Å². The van der Waals surface area contributed by atoms with E-state index in [9.17, 15) is 14.0 Å². The number of halogens is 2. The normalized spacial score (nSPS) is 13.4. The van der Waals surface area contributed by atoms with Gasteiger partial charge in [0.15, 0.2) is 5.82 Å². The second-order valence-electron chi connectivity index (χ2n) is 9.14. The molecule has 1 heterocycles. The van der Waals surface area contributed by atoms with Gasteiger partial charge in [-0.2, -0.15) is 4.68 Å². The van der Waals surface area contributed by atoms with Crippen molar-refractivity contribution in [3.63, 3.8) is 0 Å². The Hall–Kier alpha value is -3.37. The van der Waals surface area contributed by atoms with E-state index in [4.69, 9.17) is 11.6 Å². The SMILES string of the molecule is CC(C)(C)C(=O)NCc1cc(-n2nc(-c3ccc(C#CC4CC4)cc3)[nH]c2=O)c(Cl)cc1F. The van der Waals surface area contributed by atoms with Gasteiger partial charge in [-0.1, -0.05) is 44.2 Å². The number of carbonyl (C=O) groups is 1. The number of carbonyl (C=O) groups excluding carboxylic acids is 1. The van der Waals surface area contributed by atoms with Crippen LogP contribution in [0, 0.1) is 29.0 Å². The molecule has 0 radical (unpaired) electrons. The lowest BCUT2D eigenvalue weighted by Gasteiger charge is -2.18. The van der Waals surface area contributed by atoms with Gasteiger partial charge in [0.1, 0.15) is 5.82 Å². The number of hydrogen-bond donors (Lipinski definition) is 2. The third-order valence-corrected chi connectivity index (χ3v) is 5.54. The van der Waals surface area contributed by atoms with Gasteiger partial charge < -0.3 is 5.32 Å². The van der Waals surface area contributed by atoms with E-state index in [1.807, 2.05) is 24.3 Å². The average Bonchev–Trinajstić information content (AvgIpc) is 3.51. The van der Waals surface area contributed by atoms with E-state index in [1.165, 1.54) is 18.9 Å². The van der Waals surface area contributed by atoms with Gasteiger partial charge in [0, 0.05) is 34.6 Å². The van der Waals surface area contributed by atoms with Crippen LogP contribution in [0.3, 0.4) is 0 Å². The topological polar surface area (TPSA) is 79.8 Å². The predicted molar refractivity (Wildman–Crippen MR) is 125 cm³/mol. The summed E-state index contributed by atoms with van der Waals surface area (Å²) in [4.78, 5) is 27.5. The molecule has 6 nitrogen and oxygen atoms in total. The Kier molecular flexibility index (Phi) is 6.13. The van der Waals surface area contributed by atoms with Crippen LogP contribution in [0.2, 0.25) is 5.02 Å². The minimum Gasteiger partial charge on any atom is -0.351 e. The minimum atomic E-state index is -0.612. The van der Waals surface area contributed by atoms with Crippen LogP contribution in [-0.4, -0.2) is 20.7 Å². The molecule has 1 saturated carbocycles. The largest absolute Gasteiger partial charge is 0.351 e. The summed E-state index contributed by atoms with van der Waals surface area (Å²) in [6, 6.07) is 9.96. The van der Waals surface area contributed by atoms with Crippen molar-refractivity contribution in [1.29, 1.82) is 0 Å². The maximum atomic E-state index is 14.5. The summed E-state index contributed by atoms with van der Waals surface area (Å²) in [5.74, 6) is 6.42. The van der Waals surface area contributed by atoms with Crippen molar-refractivity contribution in [2.24, 2.45) is 11.3 Å². The molecular formula is C25H24ClFN4O2. The van der Waals surface area contributed by atoms with Crippen molar-refractivity contribution >= 4 is 17.5 Å². The summed E-state index contributed by atoms with van der Waals surface area (Å²) in [6.07, 6.45) is 2.33. The van der Waals surface area contributed by atoms with Crippen LogP contribution < -0.4 is 11.0 Å². The fourth-order valence-electron chi connectivity index (χ4n) is 3.06. The Bertz CT molecular complexity index is 1320. The zero-order valence-electron chi connectivity index (χ0n) is 18.6. The van der Waals surface area contributed by atoms with Crippen LogP contribution in [0.5, 0.6) is 0 Å². The van der Waals surface area contributed by atoms with Gasteiger partial charge in [0.05, 0.1) is 10.7 Å². The second kappa shape index (κ2) is 8.87. The highest BCUT2D eigenvalue weighted by atomic mass is 35.5. The lowest BCUT2D eigenvalue weighted by atomic mass is 9.95. The smallest absolute Gasteiger partial charge is 0.348 e. The highest BCUT2D eigenvalue weighted by Gasteiger charge is 2.22. The Morgan fingerprint density at radius 3 is 2.61 bits per heavy atom. The van der Waals surface area contributed by atoms with Gasteiger partial charge in [-0.25, -0.2) is 9.18 Å². The summed E-state index contributed by atoms with van der Waals surface area (Å²) >= 11 is 6.23. The van der Waals surface area contributed by atoms with Gasteiger partial charge >= 0.3 is 5.69 Å². The number of benzene rings is 2. The van der Waals surface area contributed by atoms with Crippen LogP contribution >= 0.6 is 11.6 Å². The number of nitrogens with zero attached hydrogens (tertiary/aromatic N) is 2. The van der Waals surface area contributed by atoms with E-state index in [-0.39, 0.29) is 28.7 Å². The Balaban J connectivity index is 1.60. The summed E-state index contributed by atoms with van der Waals surface area (Å²) in [6.45, 7) is 5.26. The lowest BCUT2D eigenvalue weighted by Crippen LogP contribution is -2.34. The number of hydrogen-bond acceptors (Lipinski definition) is 3. The van der Waals surface area contributed by atoms with Gasteiger partial charge in [0.25, 0.3) is 0 Å². The molecule has 33 heavy (non-hydrogen) atoms. The first-order valence-corrected chi connectivity index (χ1v) is 11.1. The zero-order chi connectivity index (χ0) is 23.8. The number of aromatic amines is 1. The molecule has 2 aromatic carbocycles. The third kappa shape index (κ3) is 5.35. The molecule has 1 amide bonds. The highest BCUT2D eigenvalue weighted by molar-refractivity contribution is 6.32. The molecule has 170 valence electrons. The molecule has 0 bridgehead atoms. The molecule has 0 saturated heterocycles. The van der Waals surface area contributed by atoms with Crippen LogP contribution in [0.25, 0.3) is 17.1 Å². The van der Waals surface area contributed by atoms with Crippen molar-refractivity contribution < 1.29 is 9.18 Å². The molecule has 1 fully saturated rings. The molecule has 4 rings (SSSR count). The number of rotatable bonds is 4. The van der Waals surface area contributed by atoms with E-state index in [0.717, 1.165) is 16.3 Å². The molecule has 3 aromatic rings. The molecule has 0 spiro atoms. The van der Waals surface area contributed by atoms with E-state index in [0.29, 0.717) is 17.3 Å². The molecule has 1 aliphatic rings. The Labute approximate surface area is 196 Å². The fourth-order valence-corrected chi connectivity index (χ4v) is 3.29. The van der Waals surface area contributed by atoms with Crippen LogP contribution in [0.4, 0.5) is 4.39 Å². The third-order valence-electron chi connectivity index (χ3n) is 5.24. The molecular weight excluding hydrogens is 443 g/mol. The number of amides is 1. The summed E-state index contributed by atoms with van der Waals surface area (Å²) in [5.41, 5.74) is 0.897. The molecule has 1 aliphatic carbocycles. The van der Waals surface area contributed by atoms with Crippen LogP contribution in [0.1, 0.15) is 44.7 Å². The maximum Gasteiger partial charge on any atom is 0.348 e. The van der Waals surface area contributed by atoms with Crippen molar-refractivity contribution in [1.82, 2.24) is 20.1 Å². The Morgan fingerprint density at radius 1 is 1.27 bits per heavy atom. The lowest BCUT2D eigenvalue weighted by molar-refractivity contribution is -0.128. The van der Waals surface area contributed by atoms with E-state index >= 15 is 0 Å². The van der Waals surface area contributed by atoms with Gasteiger partial charge in [-0.05, 0) is 49.2 Å². The summed E-state index contributed by atoms with van der Waals surface area (Å²) in [5, 5.41) is 7.08. The van der Waals surface area contributed by atoms with Crippen molar-refractivity contribution in [3.8, 4) is 28.9 Å². The average molecular weight is 467 g/mol. The second-order valence-corrected chi connectivity index (χ2v) is 9.55. The molecule has 0 aliphatic heterocycles. The maximum absolute atomic E-state index is 14.5. The number of aromatic nitrogens is 3. The van der Waals surface area contributed by atoms with Crippen LogP contribution in [0.15, 0.2) is 41.2 Å². The van der Waals surface area contributed by atoms with E-state index in [1.54, 1.807) is 20.8 Å². The van der Waals surface area contributed by atoms with Crippen LogP contribution in [-0.2, 0) is 11.3 Å². The molecule has 1 aromatic heterocycles. The van der Waals surface area contributed by atoms with Gasteiger partial charge in [0.2, 0.25) is 5.91 Å². The van der Waals surface area contributed by atoms with E-state index in [2.05, 4.69) is 27.2 Å². The Morgan fingerprint density at radius 2 is 1.97 bits per heavy atom. The predicted octanol–water partition coefficient (Wildman–Crippen LogP) is 4.44. The molecule has 0 unspecified atom stereocenters. The standard InChI is InChI=1S/C25H24ClFN4O2/c1-25(2,3)23(32)28-14-18-12-21(19(26)13-20(18)27)31-24(33)29-22(30-31)17-10-8-16(9-11-17)7-6-15-4-5-15/h8-13,15H,4-5,14H2,1-3H3,(H,28,32)(H,29,30,33). The summed E-state index contributed by atoms with van der Waals surface area (Å²) < 4.78 is 15.5. The van der Waals surface area contributed by atoms with Crippen molar-refractivity contribution in [3.05, 3.63) is 68.8 Å². The molecule has 8 heteroatoms. The fraction of sp³-hybridized carbons (Fsp3) is 0.320. The zero-order valence-corrected chi connectivity index (χ0v) is 19.4. The first-order valence-electron chi connectivity index (χ1n) is 10.7. The molecule has 2 N–H and O–H groups in total. The monoisotopic (exact) mass is 466 g/mol. The molecule has 0 atom stereocenters. The van der Waals surface area contributed by atoms with Crippen molar-refractivity contribution in [2.75, 3.05) is 0 Å². The summed E-state index contributed by atoms with van der Waals surface area (Å²) in [7, 11) is 0. The van der Waals surface area contributed by atoms with E-state index < -0.39 is 16.9 Å². The number of H-pyrrole nitrogens is 1. The first kappa shape index (κ1) is 22.8. The minimum absolute atomic E-state index is 0.0317. The number of nitrogens with one attached hydrogen (secondary N) is 2. The van der Waals surface area contributed by atoms with Crippen molar-refractivity contribution in [2.45, 2.75) is 40.2 Å².